The molecule has 8 heteroatoms. The van der Waals surface area contributed by atoms with Gasteiger partial charge in [0.2, 0.25) is 11.9 Å². The van der Waals surface area contributed by atoms with Crippen molar-refractivity contribution in [2.45, 2.75) is 18.9 Å². The highest BCUT2D eigenvalue weighted by atomic mass is 16.5. The summed E-state index contributed by atoms with van der Waals surface area (Å²) in [7, 11) is 3.12. The van der Waals surface area contributed by atoms with Gasteiger partial charge < -0.3 is 25.6 Å². The Hall–Kier alpha value is -1.67. The molecule has 1 rings (SSSR count). The molecule has 4 N–H and O–H groups in total. The Balaban J connectivity index is 3.01. The maximum Gasteiger partial charge on any atom is 0.322 e. The van der Waals surface area contributed by atoms with Crippen LogP contribution in [-0.4, -0.2) is 58.1 Å². The molecule has 8 nitrogen and oxygen atoms in total. The van der Waals surface area contributed by atoms with Crippen LogP contribution in [0.4, 0.5) is 11.9 Å². The molecule has 18 heavy (non-hydrogen) atoms. The lowest BCUT2D eigenvalue weighted by molar-refractivity contribution is 0.132. The first-order valence-corrected chi connectivity index (χ1v) is 5.60. The summed E-state index contributed by atoms with van der Waals surface area (Å²) in [6.07, 6.45) is 0.517. The highest BCUT2D eigenvalue weighted by Crippen LogP contribution is 2.17. The van der Waals surface area contributed by atoms with Crippen LogP contribution in [0.3, 0.4) is 0 Å². The molecule has 0 amide bonds. The van der Waals surface area contributed by atoms with Gasteiger partial charge in [-0.3, -0.25) is 0 Å². The van der Waals surface area contributed by atoms with Crippen molar-refractivity contribution >= 4 is 11.9 Å². The van der Waals surface area contributed by atoms with Gasteiger partial charge in [-0.05, 0) is 6.42 Å². The molecule has 102 valence electrons. The zero-order valence-corrected chi connectivity index (χ0v) is 10.8. The lowest BCUT2D eigenvalue weighted by Crippen LogP contribution is -2.45. The van der Waals surface area contributed by atoms with Crippen molar-refractivity contribution in [3.05, 3.63) is 0 Å². The van der Waals surface area contributed by atoms with Gasteiger partial charge in [0.1, 0.15) is 0 Å². The molecule has 0 radical (unpaired) electrons. The summed E-state index contributed by atoms with van der Waals surface area (Å²) in [4.78, 5) is 12.0. The quantitative estimate of drug-likeness (QED) is 0.515. The summed E-state index contributed by atoms with van der Waals surface area (Å²) in [6, 6.07) is 0.151. The molecule has 1 aromatic heterocycles. The van der Waals surface area contributed by atoms with Gasteiger partial charge in [0.05, 0.1) is 25.9 Å². The first-order valence-electron chi connectivity index (χ1n) is 5.60. The lowest BCUT2D eigenvalue weighted by atomic mass is 9.99. The van der Waals surface area contributed by atoms with Crippen LogP contribution in [-0.2, 0) is 0 Å². The summed E-state index contributed by atoms with van der Waals surface area (Å²) >= 11 is 0. The number of hydrogen-bond donors (Lipinski definition) is 4. The molecule has 0 bridgehead atoms. The van der Waals surface area contributed by atoms with Crippen LogP contribution >= 0.6 is 0 Å². The number of nitrogens with zero attached hydrogens (tertiary/aromatic N) is 3. The molecule has 0 aliphatic heterocycles. The van der Waals surface area contributed by atoms with Crippen molar-refractivity contribution in [2.24, 2.45) is 0 Å². The predicted octanol–water partition coefficient (Wildman–Crippen LogP) is -0.533. The van der Waals surface area contributed by atoms with Crippen LogP contribution in [0, 0.1) is 0 Å². The molecule has 0 fully saturated rings. The standard InChI is InChI=1S/C10H19N5O3/c1-4-10(5-16,6-17)15-8-12-7(11-2)13-9(14-8)18-3/h16-17H,4-6H2,1-3H3,(H2,11,12,13,14,15). The second-order valence-electron chi connectivity index (χ2n) is 3.79. The van der Waals surface area contributed by atoms with E-state index < -0.39 is 5.54 Å². The third kappa shape index (κ3) is 3.17. The van der Waals surface area contributed by atoms with Gasteiger partial charge in [0.25, 0.3) is 0 Å². The fourth-order valence-electron chi connectivity index (χ4n) is 1.29. The minimum Gasteiger partial charge on any atom is -0.467 e. The van der Waals surface area contributed by atoms with Crippen LogP contribution in [0.15, 0.2) is 0 Å². The molecule has 0 unspecified atom stereocenters. The normalized spacial score (nSPS) is 11.2. The average molecular weight is 257 g/mol. The number of ether oxygens (including phenoxy) is 1. The van der Waals surface area contributed by atoms with E-state index in [1.165, 1.54) is 7.11 Å². The number of hydrogen-bond acceptors (Lipinski definition) is 8. The molecule has 0 atom stereocenters. The van der Waals surface area contributed by atoms with E-state index in [1.54, 1.807) is 7.05 Å². The van der Waals surface area contributed by atoms with E-state index in [0.717, 1.165) is 0 Å². The van der Waals surface area contributed by atoms with Crippen LogP contribution in [0.5, 0.6) is 6.01 Å². The van der Waals surface area contributed by atoms with E-state index in [9.17, 15) is 10.2 Å². The fraction of sp³-hybridized carbons (Fsp3) is 0.700. The molecule has 1 aromatic rings. The molecule has 0 spiro atoms. The topological polar surface area (TPSA) is 112 Å². The van der Waals surface area contributed by atoms with Crippen molar-refractivity contribution in [2.75, 3.05) is 38.0 Å². The van der Waals surface area contributed by atoms with Crippen molar-refractivity contribution in [3.63, 3.8) is 0 Å². The number of anilines is 2. The number of aliphatic hydroxyl groups is 2. The van der Waals surface area contributed by atoms with Crippen LogP contribution in [0.1, 0.15) is 13.3 Å². The molecule has 0 aromatic carbocycles. The van der Waals surface area contributed by atoms with Gasteiger partial charge in [-0.25, -0.2) is 0 Å². The van der Waals surface area contributed by atoms with E-state index >= 15 is 0 Å². The smallest absolute Gasteiger partial charge is 0.322 e. The number of aromatic nitrogens is 3. The first-order chi connectivity index (χ1) is 8.62. The number of nitrogens with one attached hydrogen (secondary N) is 2. The fourth-order valence-corrected chi connectivity index (χ4v) is 1.29. The van der Waals surface area contributed by atoms with Gasteiger partial charge in [-0.1, -0.05) is 6.92 Å². The third-order valence-electron chi connectivity index (χ3n) is 2.68. The SMILES string of the molecule is CCC(CO)(CO)Nc1nc(NC)nc(OC)n1. The Morgan fingerprint density at radius 1 is 1.17 bits per heavy atom. The molecule has 0 saturated carbocycles. The number of rotatable bonds is 7. The summed E-state index contributed by atoms with van der Waals surface area (Å²) in [5, 5.41) is 24.4. The summed E-state index contributed by atoms with van der Waals surface area (Å²) < 4.78 is 4.95. The molecule has 0 aliphatic rings. The maximum atomic E-state index is 9.35. The Kier molecular flexibility index (Phi) is 5.05. The summed E-state index contributed by atoms with van der Waals surface area (Å²) in [5.74, 6) is 0.571. The average Bonchev–Trinajstić information content (AvgIpc) is 2.44. The molecule has 1 heterocycles. The third-order valence-corrected chi connectivity index (χ3v) is 2.68. The zero-order valence-electron chi connectivity index (χ0n) is 10.8. The lowest BCUT2D eigenvalue weighted by Gasteiger charge is -2.29. The van der Waals surface area contributed by atoms with Gasteiger partial charge in [-0.15, -0.1) is 0 Å². The molecule has 0 aliphatic carbocycles. The number of aliphatic hydroxyl groups excluding tert-OH is 2. The summed E-state index contributed by atoms with van der Waals surface area (Å²) in [5.41, 5.74) is -0.864. The van der Waals surface area contributed by atoms with Gasteiger partial charge in [0, 0.05) is 7.05 Å². The van der Waals surface area contributed by atoms with Crippen molar-refractivity contribution in [1.82, 2.24) is 15.0 Å². The maximum absolute atomic E-state index is 9.35. The summed E-state index contributed by atoms with van der Waals surface area (Å²) in [6.45, 7) is 1.38. The minimum atomic E-state index is -0.864. The monoisotopic (exact) mass is 257 g/mol. The predicted molar refractivity (Wildman–Crippen MR) is 66.7 cm³/mol. The Morgan fingerprint density at radius 2 is 1.78 bits per heavy atom. The van der Waals surface area contributed by atoms with Crippen molar-refractivity contribution in [1.29, 1.82) is 0 Å². The van der Waals surface area contributed by atoms with E-state index in [0.29, 0.717) is 12.4 Å². The Bertz CT molecular complexity index is 353. The second-order valence-corrected chi connectivity index (χ2v) is 3.79. The second kappa shape index (κ2) is 6.31. The van der Waals surface area contributed by atoms with Crippen LogP contribution < -0.4 is 15.4 Å². The Labute approximate surface area is 105 Å². The highest BCUT2D eigenvalue weighted by Gasteiger charge is 2.27. The molecular formula is C10H19N5O3. The minimum absolute atomic E-state index is 0.151. The molecular weight excluding hydrogens is 238 g/mol. The van der Waals surface area contributed by atoms with E-state index in [2.05, 4.69) is 25.6 Å². The van der Waals surface area contributed by atoms with Crippen LogP contribution in [0.2, 0.25) is 0 Å². The van der Waals surface area contributed by atoms with Crippen LogP contribution in [0.25, 0.3) is 0 Å². The van der Waals surface area contributed by atoms with Crippen molar-refractivity contribution in [3.8, 4) is 6.01 Å². The first kappa shape index (κ1) is 14.4. The highest BCUT2D eigenvalue weighted by molar-refractivity contribution is 5.37. The van der Waals surface area contributed by atoms with Gasteiger partial charge in [0.15, 0.2) is 0 Å². The van der Waals surface area contributed by atoms with Gasteiger partial charge in [-0.2, -0.15) is 15.0 Å². The molecule has 0 saturated heterocycles. The largest absolute Gasteiger partial charge is 0.467 e. The van der Waals surface area contributed by atoms with Crippen molar-refractivity contribution < 1.29 is 14.9 Å². The van der Waals surface area contributed by atoms with E-state index in [1.807, 2.05) is 6.92 Å². The number of methoxy groups -OCH3 is 1. The van der Waals surface area contributed by atoms with E-state index in [-0.39, 0.29) is 25.2 Å². The Morgan fingerprint density at radius 3 is 2.22 bits per heavy atom. The zero-order chi connectivity index (χ0) is 13.6. The van der Waals surface area contributed by atoms with E-state index in [4.69, 9.17) is 4.74 Å². The van der Waals surface area contributed by atoms with Gasteiger partial charge >= 0.3 is 6.01 Å².